The summed E-state index contributed by atoms with van der Waals surface area (Å²) in [5.41, 5.74) is 1.95. The topological polar surface area (TPSA) is 90.1 Å². The molecule has 0 aliphatic carbocycles. The lowest BCUT2D eigenvalue weighted by Crippen LogP contribution is -2.38. The third-order valence-corrected chi connectivity index (χ3v) is 6.21. The zero-order chi connectivity index (χ0) is 22.9. The third kappa shape index (κ3) is 3.84. The van der Waals surface area contributed by atoms with Crippen LogP contribution in [-0.2, 0) is 13.6 Å². The Hall–Kier alpha value is -4.07. The minimum atomic E-state index is -0.401. The molecule has 4 aromatic rings. The van der Waals surface area contributed by atoms with Crippen LogP contribution >= 0.6 is 0 Å². The molecule has 5 rings (SSSR count). The summed E-state index contributed by atoms with van der Waals surface area (Å²) >= 11 is 0. The fraction of sp³-hybridized carbons (Fsp3) is 0.240. The number of rotatable bonds is 4. The van der Waals surface area contributed by atoms with Gasteiger partial charge in [-0.15, -0.1) is 0 Å². The highest BCUT2D eigenvalue weighted by atomic mass is 16.2. The van der Waals surface area contributed by atoms with Crippen molar-refractivity contribution in [1.29, 1.82) is 0 Å². The van der Waals surface area contributed by atoms with E-state index < -0.39 is 5.69 Å². The first-order valence-corrected chi connectivity index (χ1v) is 10.9. The van der Waals surface area contributed by atoms with Gasteiger partial charge in [0.1, 0.15) is 5.65 Å². The van der Waals surface area contributed by atoms with Crippen LogP contribution in [0.2, 0.25) is 0 Å². The quantitative estimate of drug-likeness (QED) is 0.484. The number of nitrogens with zero attached hydrogens (tertiary/aromatic N) is 5. The first kappa shape index (κ1) is 20.8. The van der Waals surface area contributed by atoms with E-state index in [1.807, 2.05) is 41.3 Å². The molecule has 0 N–H and O–H groups in total. The lowest BCUT2D eigenvalue weighted by molar-refractivity contribution is 0.0790. The van der Waals surface area contributed by atoms with Crippen LogP contribution in [0.4, 0.5) is 0 Å². The Kier molecular flexibility index (Phi) is 5.34. The van der Waals surface area contributed by atoms with Crippen molar-refractivity contribution in [3.63, 3.8) is 0 Å². The highest BCUT2D eigenvalue weighted by Crippen LogP contribution is 2.28. The van der Waals surface area contributed by atoms with Gasteiger partial charge >= 0.3 is 5.69 Å². The maximum Gasteiger partial charge on any atom is 0.332 e. The van der Waals surface area contributed by atoms with Crippen molar-refractivity contribution in [2.45, 2.75) is 18.9 Å². The molecule has 0 unspecified atom stereocenters. The number of hydrogen-bond donors (Lipinski definition) is 0. The molecule has 0 spiro atoms. The second-order valence-corrected chi connectivity index (χ2v) is 8.30. The molecule has 8 heteroatoms. The van der Waals surface area contributed by atoms with Crippen molar-refractivity contribution in [2.75, 3.05) is 13.1 Å². The number of hydrogen-bond acceptors (Lipinski definition) is 5. The Balaban J connectivity index is 1.51. The smallest absolute Gasteiger partial charge is 0.332 e. The van der Waals surface area contributed by atoms with Crippen LogP contribution in [0.1, 0.15) is 34.0 Å². The predicted octanol–water partition coefficient (Wildman–Crippen LogP) is 2.17. The zero-order valence-corrected chi connectivity index (χ0v) is 18.2. The molecule has 0 bridgehead atoms. The van der Waals surface area contributed by atoms with Gasteiger partial charge < -0.3 is 4.90 Å². The second kappa shape index (κ2) is 8.46. The van der Waals surface area contributed by atoms with Crippen molar-refractivity contribution in [3.8, 4) is 0 Å². The molecule has 4 heterocycles. The Bertz CT molecular complexity index is 1440. The molecule has 33 heavy (non-hydrogen) atoms. The van der Waals surface area contributed by atoms with Crippen LogP contribution in [0.25, 0.3) is 11.0 Å². The summed E-state index contributed by atoms with van der Waals surface area (Å²) in [7, 11) is 1.49. The molecule has 0 radical (unpaired) electrons. The van der Waals surface area contributed by atoms with Gasteiger partial charge in [-0.2, -0.15) is 0 Å². The average molecular weight is 441 g/mol. The monoisotopic (exact) mass is 441 g/mol. The number of benzene rings is 1. The number of fused-ring (bicyclic) bond motifs is 1. The first-order chi connectivity index (χ1) is 16.0. The first-order valence-electron chi connectivity index (χ1n) is 10.9. The van der Waals surface area contributed by atoms with Crippen LogP contribution in [-0.4, -0.2) is 43.0 Å². The minimum absolute atomic E-state index is 0.0319. The van der Waals surface area contributed by atoms with E-state index in [0.717, 1.165) is 22.2 Å². The Morgan fingerprint density at radius 3 is 2.55 bits per heavy atom. The standard InChI is InChI=1S/C25H23N5O3/c1-28-24(32)20-7-8-21(19-11-14-29(16-19)23(31)18-9-12-26-13-10-18)27-22(20)30(25(28)33)15-17-5-3-2-4-6-17/h2-10,12-13,19H,11,14-16H2,1H3/t19-/m0/s1. The fourth-order valence-corrected chi connectivity index (χ4v) is 4.37. The summed E-state index contributed by atoms with van der Waals surface area (Å²) in [4.78, 5) is 49.1. The van der Waals surface area contributed by atoms with Crippen molar-refractivity contribution in [2.24, 2.45) is 7.05 Å². The highest BCUT2D eigenvalue weighted by Gasteiger charge is 2.29. The molecule has 1 fully saturated rings. The number of carbonyl (C=O) groups is 1. The van der Waals surface area contributed by atoms with Crippen LogP contribution in [0.15, 0.2) is 76.6 Å². The molecule has 8 nitrogen and oxygen atoms in total. The van der Waals surface area contributed by atoms with E-state index in [1.165, 1.54) is 7.05 Å². The van der Waals surface area contributed by atoms with Gasteiger partial charge in [-0.25, -0.2) is 9.78 Å². The summed E-state index contributed by atoms with van der Waals surface area (Å²) in [6, 6.07) is 16.6. The Morgan fingerprint density at radius 2 is 1.79 bits per heavy atom. The molecule has 1 atom stereocenters. The predicted molar refractivity (Wildman–Crippen MR) is 124 cm³/mol. The lowest BCUT2D eigenvalue weighted by atomic mass is 10.0. The molecule has 1 aliphatic heterocycles. The third-order valence-electron chi connectivity index (χ3n) is 6.21. The van der Waals surface area contributed by atoms with Crippen molar-refractivity contribution >= 4 is 16.9 Å². The number of carbonyl (C=O) groups excluding carboxylic acids is 1. The number of aromatic nitrogens is 4. The summed E-state index contributed by atoms with van der Waals surface area (Å²) in [6.07, 6.45) is 3.99. The molecule has 1 saturated heterocycles. The Morgan fingerprint density at radius 1 is 1.03 bits per heavy atom. The summed E-state index contributed by atoms with van der Waals surface area (Å²) in [6.45, 7) is 1.48. The molecule has 3 aromatic heterocycles. The number of amides is 1. The van der Waals surface area contributed by atoms with Gasteiger partial charge in [0.2, 0.25) is 0 Å². The van der Waals surface area contributed by atoms with E-state index in [2.05, 4.69) is 4.98 Å². The largest absolute Gasteiger partial charge is 0.338 e. The van der Waals surface area contributed by atoms with Gasteiger partial charge in [-0.3, -0.25) is 23.7 Å². The molecule has 1 amide bonds. The number of likely N-dealkylation sites (tertiary alicyclic amines) is 1. The second-order valence-electron chi connectivity index (χ2n) is 8.30. The summed E-state index contributed by atoms with van der Waals surface area (Å²) < 4.78 is 2.67. The van der Waals surface area contributed by atoms with Gasteiger partial charge in [0.25, 0.3) is 11.5 Å². The average Bonchev–Trinajstić information content (AvgIpc) is 3.36. The molecule has 0 saturated carbocycles. The van der Waals surface area contributed by atoms with Gasteiger partial charge in [-0.1, -0.05) is 30.3 Å². The molecule has 1 aliphatic rings. The van der Waals surface area contributed by atoms with Crippen molar-refractivity contribution in [3.05, 3.63) is 105 Å². The van der Waals surface area contributed by atoms with Gasteiger partial charge in [-0.05, 0) is 36.2 Å². The summed E-state index contributed by atoms with van der Waals surface area (Å²) in [5, 5.41) is 0.402. The maximum absolute atomic E-state index is 13.0. The summed E-state index contributed by atoms with van der Waals surface area (Å²) in [5.74, 6) is 0.0000622. The van der Waals surface area contributed by atoms with Gasteiger partial charge in [0.15, 0.2) is 0 Å². The molecular formula is C25H23N5O3. The van der Waals surface area contributed by atoms with E-state index in [1.54, 1.807) is 35.2 Å². The van der Waals surface area contributed by atoms with Crippen molar-refractivity contribution < 1.29 is 4.79 Å². The van der Waals surface area contributed by atoms with E-state index in [0.29, 0.717) is 36.2 Å². The maximum atomic E-state index is 13.0. The van der Waals surface area contributed by atoms with E-state index in [-0.39, 0.29) is 17.4 Å². The molecular weight excluding hydrogens is 418 g/mol. The van der Waals surface area contributed by atoms with E-state index in [4.69, 9.17) is 4.98 Å². The highest BCUT2D eigenvalue weighted by molar-refractivity contribution is 5.94. The minimum Gasteiger partial charge on any atom is -0.338 e. The molecule has 1 aromatic carbocycles. The SMILES string of the molecule is Cn1c(=O)c2ccc([C@H]3CCN(C(=O)c4ccncc4)C3)nc2n(Cc2ccccc2)c1=O. The van der Waals surface area contributed by atoms with Crippen LogP contribution in [0, 0.1) is 0 Å². The van der Waals surface area contributed by atoms with Crippen LogP contribution in [0.3, 0.4) is 0 Å². The van der Waals surface area contributed by atoms with Crippen LogP contribution in [0.5, 0.6) is 0 Å². The Labute approximate surface area is 189 Å². The zero-order valence-electron chi connectivity index (χ0n) is 18.2. The van der Waals surface area contributed by atoms with Crippen LogP contribution < -0.4 is 11.2 Å². The van der Waals surface area contributed by atoms with Crippen molar-refractivity contribution in [1.82, 2.24) is 24.0 Å². The number of pyridine rings is 2. The lowest BCUT2D eigenvalue weighted by Gasteiger charge is -2.17. The van der Waals surface area contributed by atoms with E-state index >= 15 is 0 Å². The van der Waals surface area contributed by atoms with E-state index in [9.17, 15) is 14.4 Å². The normalized spacial score (nSPS) is 15.8. The fourth-order valence-electron chi connectivity index (χ4n) is 4.37. The van der Waals surface area contributed by atoms with Gasteiger partial charge in [0, 0.05) is 49.7 Å². The molecule has 166 valence electrons. The van der Waals surface area contributed by atoms with Gasteiger partial charge in [0.05, 0.1) is 11.9 Å².